The molecule has 0 N–H and O–H groups in total. The van der Waals surface area contributed by atoms with Gasteiger partial charge in [0.1, 0.15) is 0 Å². The minimum Gasteiger partial charge on any atom is -0.469 e. The van der Waals surface area contributed by atoms with E-state index >= 15 is 0 Å². The number of rotatable bonds is 7. The van der Waals surface area contributed by atoms with Crippen molar-refractivity contribution in [3.8, 4) is 11.5 Å². The van der Waals surface area contributed by atoms with Crippen LogP contribution in [0.3, 0.4) is 0 Å². The van der Waals surface area contributed by atoms with E-state index in [-0.39, 0.29) is 24.6 Å². The highest BCUT2D eigenvalue weighted by Gasteiger charge is 2.22. The van der Waals surface area contributed by atoms with Crippen molar-refractivity contribution in [2.75, 3.05) is 20.4 Å². The van der Waals surface area contributed by atoms with Gasteiger partial charge in [-0.3, -0.25) is 9.59 Å². The molecule has 0 fully saturated rings. The number of carbonyl (C=O) groups excluding carboxylic acids is 2. The molecule has 6 heteroatoms. The Hall–Kier alpha value is -2.24. The van der Waals surface area contributed by atoms with Gasteiger partial charge in [-0.05, 0) is 24.1 Å². The van der Waals surface area contributed by atoms with Crippen LogP contribution in [0, 0.1) is 5.92 Å². The van der Waals surface area contributed by atoms with Crippen molar-refractivity contribution in [2.24, 2.45) is 5.92 Å². The Balaban J connectivity index is 2.10. The van der Waals surface area contributed by atoms with E-state index in [1.807, 2.05) is 25.1 Å². The van der Waals surface area contributed by atoms with Crippen LogP contribution in [0.4, 0.5) is 0 Å². The van der Waals surface area contributed by atoms with E-state index < -0.39 is 0 Å². The number of methoxy groups -OCH3 is 1. The minimum atomic E-state index is -0.366. The summed E-state index contributed by atoms with van der Waals surface area (Å²) in [5.41, 5.74) is 0.941. The molecule has 0 radical (unpaired) electrons. The predicted octanol–water partition coefficient (Wildman–Crippen LogP) is 2.35. The highest BCUT2D eigenvalue weighted by molar-refractivity contribution is 5.78. The van der Waals surface area contributed by atoms with E-state index in [0.29, 0.717) is 31.0 Å². The van der Waals surface area contributed by atoms with E-state index in [0.717, 1.165) is 12.0 Å². The van der Waals surface area contributed by atoms with Crippen molar-refractivity contribution in [1.29, 1.82) is 0 Å². The monoisotopic (exact) mass is 321 g/mol. The molecule has 1 aliphatic rings. The summed E-state index contributed by atoms with van der Waals surface area (Å²) >= 11 is 0. The van der Waals surface area contributed by atoms with Crippen LogP contribution in [-0.2, 0) is 20.9 Å². The third-order valence-electron chi connectivity index (χ3n) is 3.72. The summed E-state index contributed by atoms with van der Waals surface area (Å²) in [4.78, 5) is 25.7. The van der Waals surface area contributed by atoms with Gasteiger partial charge in [0.05, 0.1) is 13.0 Å². The van der Waals surface area contributed by atoms with Gasteiger partial charge in [-0.25, -0.2) is 0 Å². The molecule has 0 aromatic heterocycles. The smallest absolute Gasteiger partial charge is 0.310 e. The number of nitrogens with zero attached hydrogens (tertiary/aromatic N) is 1. The van der Waals surface area contributed by atoms with Crippen LogP contribution in [0.15, 0.2) is 18.2 Å². The van der Waals surface area contributed by atoms with Gasteiger partial charge >= 0.3 is 5.97 Å². The molecule has 1 amide bonds. The number of amides is 1. The first-order valence-electron chi connectivity index (χ1n) is 7.79. The van der Waals surface area contributed by atoms with Crippen molar-refractivity contribution < 1.29 is 23.8 Å². The second-order valence-electron chi connectivity index (χ2n) is 5.64. The average Bonchev–Trinajstić information content (AvgIpc) is 3.01. The van der Waals surface area contributed by atoms with E-state index in [1.165, 1.54) is 7.11 Å². The molecule has 6 nitrogen and oxygen atoms in total. The fourth-order valence-corrected chi connectivity index (χ4v) is 2.49. The second-order valence-corrected chi connectivity index (χ2v) is 5.64. The van der Waals surface area contributed by atoms with E-state index in [4.69, 9.17) is 14.2 Å². The third-order valence-corrected chi connectivity index (χ3v) is 3.72. The molecule has 0 bridgehead atoms. The fraction of sp³-hybridized carbons (Fsp3) is 0.529. The van der Waals surface area contributed by atoms with Gasteiger partial charge in [0.25, 0.3) is 0 Å². The molecule has 0 aliphatic carbocycles. The maximum Gasteiger partial charge on any atom is 0.310 e. The summed E-state index contributed by atoms with van der Waals surface area (Å²) in [5.74, 6) is 0.746. The summed E-state index contributed by atoms with van der Waals surface area (Å²) in [5, 5.41) is 0. The van der Waals surface area contributed by atoms with Gasteiger partial charge in [-0.15, -0.1) is 0 Å². The first kappa shape index (κ1) is 17.1. The van der Waals surface area contributed by atoms with Crippen LogP contribution < -0.4 is 9.47 Å². The summed E-state index contributed by atoms with van der Waals surface area (Å²) in [7, 11) is 1.36. The Morgan fingerprint density at radius 3 is 2.74 bits per heavy atom. The number of hydrogen-bond donors (Lipinski definition) is 0. The first-order valence-corrected chi connectivity index (χ1v) is 7.79. The average molecular weight is 321 g/mol. The van der Waals surface area contributed by atoms with Crippen LogP contribution in [0.25, 0.3) is 0 Å². The fourth-order valence-electron chi connectivity index (χ4n) is 2.49. The summed E-state index contributed by atoms with van der Waals surface area (Å²) in [6, 6.07) is 5.61. The van der Waals surface area contributed by atoms with Crippen LogP contribution in [0.5, 0.6) is 11.5 Å². The quantitative estimate of drug-likeness (QED) is 0.721. The molecular formula is C17H23NO5. The van der Waals surface area contributed by atoms with Crippen molar-refractivity contribution in [3.63, 3.8) is 0 Å². The zero-order chi connectivity index (χ0) is 16.8. The minimum absolute atomic E-state index is 0.0286. The highest BCUT2D eigenvalue weighted by Crippen LogP contribution is 2.32. The van der Waals surface area contributed by atoms with Gasteiger partial charge in [0.15, 0.2) is 11.5 Å². The van der Waals surface area contributed by atoms with Crippen LogP contribution in [-0.4, -0.2) is 37.2 Å². The molecule has 1 aromatic rings. The molecule has 1 atom stereocenters. The molecule has 1 heterocycles. The third kappa shape index (κ3) is 4.37. The number of fused-ring (bicyclic) bond motifs is 1. The van der Waals surface area contributed by atoms with Gasteiger partial charge < -0.3 is 19.1 Å². The molecule has 2 rings (SSSR count). The van der Waals surface area contributed by atoms with E-state index in [2.05, 4.69) is 0 Å². The maximum absolute atomic E-state index is 12.3. The standard InChI is InChI=1S/C17H23NO5/c1-4-5-16(19)18(9-12(2)17(20)21-3)10-13-6-7-14-15(8-13)23-11-22-14/h6-8,12H,4-5,9-11H2,1-3H3. The summed E-state index contributed by atoms with van der Waals surface area (Å²) in [6.07, 6.45) is 1.22. The molecular weight excluding hydrogens is 298 g/mol. The SMILES string of the molecule is CCCC(=O)N(Cc1ccc2c(c1)OCO2)CC(C)C(=O)OC. The Morgan fingerprint density at radius 1 is 1.30 bits per heavy atom. The van der Waals surface area contributed by atoms with Gasteiger partial charge in [-0.1, -0.05) is 19.9 Å². The second kappa shape index (κ2) is 7.85. The van der Waals surface area contributed by atoms with Crippen LogP contribution >= 0.6 is 0 Å². The highest BCUT2D eigenvalue weighted by atomic mass is 16.7. The molecule has 0 saturated carbocycles. The first-order chi connectivity index (χ1) is 11.0. The molecule has 126 valence electrons. The van der Waals surface area contributed by atoms with Gasteiger partial charge in [0, 0.05) is 19.5 Å². The number of carbonyl (C=O) groups is 2. The Labute approximate surface area is 136 Å². The lowest BCUT2D eigenvalue weighted by atomic mass is 10.1. The maximum atomic E-state index is 12.3. The number of ether oxygens (including phenoxy) is 3. The number of hydrogen-bond acceptors (Lipinski definition) is 5. The normalized spacial score (nSPS) is 13.5. The predicted molar refractivity (Wildman–Crippen MR) is 84.1 cm³/mol. The van der Waals surface area contributed by atoms with E-state index in [1.54, 1.807) is 11.8 Å². The van der Waals surface area contributed by atoms with Gasteiger partial charge in [-0.2, -0.15) is 0 Å². The number of esters is 1. The largest absolute Gasteiger partial charge is 0.469 e. The van der Waals surface area contributed by atoms with Crippen LogP contribution in [0.2, 0.25) is 0 Å². The van der Waals surface area contributed by atoms with Crippen molar-refractivity contribution >= 4 is 11.9 Å². The summed E-state index contributed by atoms with van der Waals surface area (Å²) in [6.45, 7) is 4.70. The zero-order valence-corrected chi connectivity index (χ0v) is 13.8. The lowest BCUT2D eigenvalue weighted by molar-refractivity contribution is -0.146. The lowest BCUT2D eigenvalue weighted by Crippen LogP contribution is -2.36. The van der Waals surface area contributed by atoms with Crippen molar-refractivity contribution in [2.45, 2.75) is 33.2 Å². The molecule has 0 spiro atoms. The van der Waals surface area contributed by atoms with Crippen LogP contribution in [0.1, 0.15) is 32.3 Å². The van der Waals surface area contributed by atoms with Crippen molar-refractivity contribution in [3.05, 3.63) is 23.8 Å². The molecule has 1 aromatic carbocycles. The molecule has 1 unspecified atom stereocenters. The Kier molecular flexibility index (Phi) is 5.84. The topological polar surface area (TPSA) is 65.1 Å². The van der Waals surface area contributed by atoms with E-state index in [9.17, 15) is 9.59 Å². The van der Waals surface area contributed by atoms with Gasteiger partial charge in [0.2, 0.25) is 12.7 Å². The molecule has 0 saturated heterocycles. The number of benzene rings is 1. The zero-order valence-electron chi connectivity index (χ0n) is 13.8. The molecule has 1 aliphatic heterocycles. The Bertz CT molecular complexity index is 572. The molecule has 23 heavy (non-hydrogen) atoms. The lowest BCUT2D eigenvalue weighted by Gasteiger charge is -2.25. The summed E-state index contributed by atoms with van der Waals surface area (Å²) < 4.78 is 15.4. The van der Waals surface area contributed by atoms with Crippen molar-refractivity contribution in [1.82, 2.24) is 4.90 Å². The Morgan fingerprint density at radius 2 is 2.04 bits per heavy atom.